The van der Waals surface area contributed by atoms with E-state index in [1.165, 1.54) is 0 Å². The average molecular weight is 525 g/mol. The van der Waals surface area contributed by atoms with Gasteiger partial charge in [-0.25, -0.2) is 4.79 Å². The van der Waals surface area contributed by atoms with Crippen molar-refractivity contribution >= 4 is 56.8 Å². The first kappa shape index (κ1) is 24.3. The third kappa shape index (κ3) is 6.35. The Labute approximate surface area is 199 Å². The standard InChI is InChI=1S/C22H25BrN2O6S/c1-2-30-20(27)14-31-17-8-7-15(11-16(17)23)12-18-21(28)25(22(29)32-18)13-19(26)24-9-5-3-4-6-10-24/h7-8,11-12H,2-6,9-10,13-14H2,1H3. The Morgan fingerprint density at radius 3 is 2.53 bits per heavy atom. The molecule has 0 saturated carbocycles. The van der Waals surface area contributed by atoms with E-state index >= 15 is 0 Å². The van der Waals surface area contributed by atoms with Gasteiger partial charge >= 0.3 is 5.97 Å². The fraction of sp³-hybridized carbons (Fsp3) is 0.455. The van der Waals surface area contributed by atoms with Gasteiger partial charge in [-0.05, 0) is 71.2 Å². The molecule has 1 aromatic carbocycles. The lowest BCUT2D eigenvalue weighted by Gasteiger charge is -2.22. The fourth-order valence-electron chi connectivity index (χ4n) is 3.41. The summed E-state index contributed by atoms with van der Waals surface area (Å²) < 4.78 is 10.8. The molecule has 3 rings (SSSR count). The lowest BCUT2D eigenvalue weighted by molar-refractivity contribution is -0.145. The van der Waals surface area contributed by atoms with Gasteiger partial charge in [0.2, 0.25) is 5.91 Å². The molecule has 0 N–H and O–H groups in total. The number of amides is 3. The van der Waals surface area contributed by atoms with E-state index in [1.54, 1.807) is 36.1 Å². The molecule has 0 aromatic heterocycles. The summed E-state index contributed by atoms with van der Waals surface area (Å²) >= 11 is 4.20. The molecule has 1 aromatic rings. The molecule has 2 aliphatic heterocycles. The van der Waals surface area contributed by atoms with Gasteiger partial charge in [-0.3, -0.25) is 19.3 Å². The molecule has 172 valence electrons. The van der Waals surface area contributed by atoms with Crippen LogP contribution < -0.4 is 4.74 Å². The second kappa shape index (κ2) is 11.5. The summed E-state index contributed by atoms with van der Waals surface area (Å²) in [5, 5.41) is -0.446. The number of carbonyl (C=O) groups is 4. The lowest BCUT2D eigenvalue weighted by atomic mass is 10.2. The molecule has 0 unspecified atom stereocenters. The first-order valence-corrected chi connectivity index (χ1v) is 12.1. The van der Waals surface area contributed by atoms with Crippen molar-refractivity contribution in [1.82, 2.24) is 9.80 Å². The fourth-order valence-corrected chi connectivity index (χ4v) is 4.76. The number of halogens is 1. The predicted molar refractivity (Wildman–Crippen MR) is 124 cm³/mol. The molecule has 2 heterocycles. The van der Waals surface area contributed by atoms with Crippen molar-refractivity contribution in [2.45, 2.75) is 32.6 Å². The number of hydrogen-bond donors (Lipinski definition) is 0. The summed E-state index contributed by atoms with van der Waals surface area (Å²) in [7, 11) is 0. The van der Waals surface area contributed by atoms with Gasteiger partial charge < -0.3 is 14.4 Å². The van der Waals surface area contributed by atoms with E-state index in [0.29, 0.717) is 28.9 Å². The van der Waals surface area contributed by atoms with Crippen LogP contribution in [-0.4, -0.2) is 65.7 Å². The van der Waals surface area contributed by atoms with Crippen molar-refractivity contribution in [3.05, 3.63) is 33.1 Å². The third-order valence-corrected chi connectivity index (χ3v) is 6.56. The van der Waals surface area contributed by atoms with E-state index in [0.717, 1.165) is 42.3 Å². The van der Waals surface area contributed by atoms with Crippen molar-refractivity contribution in [3.63, 3.8) is 0 Å². The summed E-state index contributed by atoms with van der Waals surface area (Å²) in [6.45, 7) is 2.89. The number of esters is 1. The highest BCUT2D eigenvalue weighted by Crippen LogP contribution is 2.34. The second-order valence-electron chi connectivity index (χ2n) is 7.35. The number of thioether (sulfide) groups is 1. The zero-order chi connectivity index (χ0) is 23.1. The molecule has 3 amide bonds. The number of rotatable bonds is 7. The topological polar surface area (TPSA) is 93.2 Å². The van der Waals surface area contributed by atoms with Gasteiger partial charge in [0.15, 0.2) is 6.61 Å². The first-order valence-electron chi connectivity index (χ1n) is 10.5. The Morgan fingerprint density at radius 1 is 1.16 bits per heavy atom. The van der Waals surface area contributed by atoms with Crippen LogP contribution in [0.25, 0.3) is 6.08 Å². The first-order chi connectivity index (χ1) is 15.4. The maximum absolute atomic E-state index is 12.8. The Hall–Kier alpha value is -2.33. The van der Waals surface area contributed by atoms with Crippen LogP contribution in [0.1, 0.15) is 38.2 Å². The van der Waals surface area contributed by atoms with Crippen LogP contribution in [0, 0.1) is 0 Å². The highest BCUT2D eigenvalue weighted by atomic mass is 79.9. The molecule has 0 bridgehead atoms. The summed E-state index contributed by atoms with van der Waals surface area (Å²) in [5.41, 5.74) is 0.671. The van der Waals surface area contributed by atoms with Crippen LogP contribution in [-0.2, 0) is 19.1 Å². The number of carbonyl (C=O) groups excluding carboxylic acids is 4. The van der Waals surface area contributed by atoms with E-state index < -0.39 is 17.1 Å². The van der Waals surface area contributed by atoms with E-state index in [-0.39, 0.29) is 30.6 Å². The number of ether oxygens (including phenoxy) is 2. The quantitative estimate of drug-likeness (QED) is 0.395. The molecular weight excluding hydrogens is 500 g/mol. The van der Waals surface area contributed by atoms with E-state index in [4.69, 9.17) is 9.47 Å². The number of hydrogen-bond acceptors (Lipinski definition) is 7. The van der Waals surface area contributed by atoms with E-state index in [2.05, 4.69) is 15.9 Å². The molecule has 10 heteroatoms. The molecule has 0 atom stereocenters. The van der Waals surface area contributed by atoms with Crippen molar-refractivity contribution in [2.75, 3.05) is 32.8 Å². The average Bonchev–Trinajstić information content (AvgIpc) is 2.96. The summed E-state index contributed by atoms with van der Waals surface area (Å²) in [6, 6.07) is 5.08. The minimum absolute atomic E-state index is 0.193. The van der Waals surface area contributed by atoms with Crippen LogP contribution in [0.15, 0.2) is 27.6 Å². The highest BCUT2D eigenvalue weighted by molar-refractivity contribution is 9.10. The Bertz CT molecular complexity index is 927. The number of likely N-dealkylation sites (tertiary alicyclic amines) is 1. The molecule has 0 spiro atoms. The SMILES string of the molecule is CCOC(=O)COc1ccc(C=C2SC(=O)N(CC(=O)N3CCCCCC3)C2=O)cc1Br. The van der Waals surface area contributed by atoms with Crippen LogP contribution in [0.5, 0.6) is 5.75 Å². The third-order valence-electron chi connectivity index (χ3n) is 5.03. The number of benzene rings is 1. The molecule has 8 nitrogen and oxygen atoms in total. The van der Waals surface area contributed by atoms with Crippen LogP contribution in [0.4, 0.5) is 4.79 Å². The Balaban J connectivity index is 1.64. The molecule has 32 heavy (non-hydrogen) atoms. The van der Waals surface area contributed by atoms with Gasteiger partial charge in [0, 0.05) is 13.1 Å². The van der Waals surface area contributed by atoms with E-state index in [1.807, 2.05) is 0 Å². The molecular formula is C22H25BrN2O6S. The van der Waals surface area contributed by atoms with Crippen molar-refractivity contribution in [1.29, 1.82) is 0 Å². The van der Waals surface area contributed by atoms with Crippen LogP contribution in [0.3, 0.4) is 0 Å². The summed E-state index contributed by atoms with van der Waals surface area (Å²) in [4.78, 5) is 52.2. The maximum Gasteiger partial charge on any atom is 0.344 e. The summed E-state index contributed by atoms with van der Waals surface area (Å²) in [5.74, 6) is -0.679. The van der Waals surface area contributed by atoms with Crippen molar-refractivity contribution in [3.8, 4) is 5.75 Å². The van der Waals surface area contributed by atoms with Gasteiger partial charge in [0.25, 0.3) is 11.1 Å². The lowest BCUT2D eigenvalue weighted by Crippen LogP contribution is -2.42. The van der Waals surface area contributed by atoms with Gasteiger partial charge in [0.1, 0.15) is 12.3 Å². The zero-order valence-electron chi connectivity index (χ0n) is 17.8. The van der Waals surface area contributed by atoms with Gasteiger partial charge in [-0.2, -0.15) is 0 Å². The largest absolute Gasteiger partial charge is 0.481 e. The Morgan fingerprint density at radius 2 is 1.88 bits per heavy atom. The second-order valence-corrected chi connectivity index (χ2v) is 9.19. The highest BCUT2D eigenvalue weighted by Gasteiger charge is 2.37. The van der Waals surface area contributed by atoms with Gasteiger partial charge in [-0.1, -0.05) is 18.9 Å². The van der Waals surface area contributed by atoms with E-state index in [9.17, 15) is 19.2 Å². The molecule has 2 fully saturated rings. The van der Waals surface area contributed by atoms with Gasteiger partial charge in [-0.15, -0.1) is 0 Å². The molecule has 2 aliphatic rings. The minimum atomic E-state index is -0.470. The predicted octanol–water partition coefficient (Wildman–Crippen LogP) is 3.83. The number of imide groups is 1. The van der Waals surface area contributed by atoms with Crippen molar-refractivity contribution < 1.29 is 28.7 Å². The molecule has 0 radical (unpaired) electrons. The zero-order valence-corrected chi connectivity index (χ0v) is 20.2. The summed E-state index contributed by atoms with van der Waals surface area (Å²) in [6.07, 6.45) is 5.68. The molecule has 2 saturated heterocycles. The maximum atomic E-state index is 12.8. The number of nitrogens with zero attached hydrogens (tertiary/aromatic N) is 2. The van der Waals surface area contributed by atoms with Gasteiger partial charge in [0.05, 0.1) is 16.0 Å². The Kier molecular flexibility index (Phi) is 8.75. The van der Waals surface area contributed by atoms with Crippen LogP contribution in [0.2, 0.25) is 0 Å². The minimum Gasteiger partial charge on any atom is -0.481 e. The van der Waals surface area contributed by atoms with Crippen molar-refractivity contribution in [2.24, 2.45) is 0 Å². The van der Waals surface area contributed by atoms with Crippen LogP contribution >= 0.6 is 27.7 Å². The monoisotopic (exact) mass is 524 g/mol. The normalized spacial score (nSPS) is 18.1. The smallest absolute Gasteiger partial charge is 0.344 e. The molecule has 0 aliphatic carbocycles.